The minimum atomic E-state index is -0.383. The molecule has 24 heavy (non-hydrogen) atoms. The Kier molecular flexibility index (Phi) is 6.29. The summed E-state index contributed by atoms with van der Waals surface area (Å²) in [6, 6.07) is 12.4. The van der Waals surface area contributed by atoms with Crippen LogP contribution >= 0.6 is 23.4 Å². The van der Waals surface area contributed by atoms with Crippen LogP contribution in [0.1, 0.15) is 26.3 Å². The number of carbonyl (C=O) groups excluding carboxylic acids is 2. The Bertz CT molecular complexity index is 746. The largest absolute Gasteiger partial charge is 0.465 e. The molecule has 2 aromatic rings. The molecule has 1 amide bonds. The van der Waals surface area contributed by atoms with E-state index in [1.54, 1.807) is 60.1 Å². The van der Waals surface area contributed by atoms with Crippen molar-refractivity contribution >= 4 is 35.2 Å². The van der Waals surface area contributed by atoms with Gasteiger partial charge >= 0.3 is 5.97 Å². The van der Waals surface area contributed by atoms with Gasteiger partial charge in [0.1, 0.15) is 0 Å². The van der Waals surface area contributed by atoms with E-state index in [4.69, 9.17) is 11.6 Å². The van der Waals surface area contributed by atoms with E-state index in [1.165, 1.54) is 7.11 Å². The van der Waals surface area contributed by atoms with Crippen molar-refractivity contribution in [3.05, 3.63) is 64.2 Å². The van der Waals surface area contributed by atoms with Crippen LogP contribution in [-0.2, 0) is 11.3 Å². The first kappa shape index (κ1) is 18.4. The van der Waals surface area contributed by atoms with Gasteiger partial charge in [-0.2, -0.15) is 0 Å². The number of halogens is 1. The van der Waals surface area contributed by atoms with Crippen molar-refractivity contribution in [3.8, 4) is 0 Å². The molecule has 126 valence electrons. The average molecular weight is 364 g/mol. The second kappa shape index (κ2) is 8.22. The van der Waals surface area contributed by atoms with Gasteiger partial charge in [-0.15, -0.1) is 11.8 Å². The predicted molar refractivity (Wildman–Crippen MR) is 96.8 cm³/mol. The van der Waals surface area contributed by atoms with E-state index in [0.717, 1.165) is 10.5 Å². The Morgan fingerprint density at radius 3 is 2.42 bits per heavy atom. The molecule has 2 aromatic carbocycles. The molecule has 0 aliphatic rings. The van der Waals surface area contributed by atoms with Gasteiger partial charge in [0.25, 0.3) is 5.91 Å². The molecule has 0 radical (unpaired) electrons. The maximum Gasteiger partial charge on any atom is 0.337 e. The highest BCUT2D eigenvalue weighted by Gasteiger charge is 2.16. The van der Waals surface area contributed by atoms with Crippen LogP contribution in [0.2, 0.25) is 5.02 Å². The van der Waals surface area contributed by atoms with Crippen LogP contribution in [-0.4, -0.2) is 37.2 Å². The number of thioether (sulfide) groups is 1. The maximum atomic E-state index is 12.6. The number of rotatable bonds is 5. The zero-order valence-corrected chi connectivity index (χ0v) is 15.3. The van der Waals surface area contributed by atoms with E-state index >= 15 is 0 Å². The second-order valence-corrected chi connectivity index (χ2v) is 6.48. The van der Waals surface area contributed by atoms with Crippen molar-refractivity contribution in [1.29, 1.82) is 0 Å². The number of methoxy groups -OCH3 is 1. The third-order valence-electron chi connectivity index (χ3n) is 3.55. The number of carbonyl (C=O) groups is 2. The summed E-state index contributed by atoms with van der Waals surface area (Å²) in [5, 5.41) is 0.436. The summed E-state index contributed by atoms with van der Waals surface area (Å²) in [5.41, 5.74) is 1.87. The minimum Gasteiger partial charge on any atom is -0.465 e. The molecule has 4 nitrogen and oxygen atoms in total. The SMILES string of the molecule is COC(=O)c1ccc(CN(C)C(=O)c2cc(SC)ccc2Cl)cc1. The first-order chi connectivity index (χ1) is 11.5. The first-order valence-corrected chi connectivity index (χ1v) is 8.82. The number of nitrogens with zero attached hydrogens (tertiary/aromatic N) is 1. The molecule has 0 saturated heterocycles. The van der Waals surface area contributed by atoms with Crippen molar-refractivity contribution in [3.63, 3.8) is 0 Å². The zero-order chi connectivity index (χ0) is 17.7. The summed E-state index contributed by atoms with van der Waals surface area (Å²) in [7, 11) is 3.06. The molecule has 0 spiro atoms. The molecule has 6 heteroatoms. The Labute approximate surface area is 150 Å². The van der Waals surface area contributed by atoms with Crippen LogP contribution in [0.4, 0.5) is 0 Å². The Hall–Kier alpha value is -1.98. The van der Waals surface area contributed by atoms with Crippen molar-refractivity contribution in [1.82, 2.24) is 4.90 Å². The van der Waals surface area contributed by atoms with Gasteiger partial charge in [-0.1, -0.05) is 23.7 Å². The molecule has 0 unspecified atom stereocenters. The van der Waals surface area contributed by atoms with Crippen molar-refractivity contribution in [2.75, 3.05) is 20.4 Å². The lowest BCUT2D eigenvalue weighted by atomic mass is 10.1. The van der Waals surface area contributed by atoms with E-state index in [1.807, 2.05) is 12.3 Å². The molecule has 0 atom stereocenters. The second-order valence-electron chi connectivity index (χ2n) is 5.20. The van der Waals surface area contributed by atoms with E-state index in [-0.39, 0.29) is 11.9 Å². The maximum absolute atomic E-state index is 12.6. The summed E-state index contributed by atoms with van der Waals surface area (Å²) < 4.78 is 4.67. The summed E-state index contributed by atoms with van der Waals surface area (Å²) >= 11 is 7.72. The van der Waals surface area contributed by atoms with Gasteiger partial charge in [-0.05, 0) is 42.2 Å². The molecule has 0 N–H and O–H groups in total. The fourth-order valence-corrected chi connectivity index (χ4v) is 2.85. The molecule has 2 rings (SSSR count). The first-order valence-electron chi connectivity index (χ1n) is 7.22. The Morgan fingerprint density at radius 1 is 1.17 bits per heavy atom. The van der Waals surface area contributed by atoms with Gasteiger partial charge in [0.15, 0.2) is 0 Å². The lowest BCUT2D eigenvalue weighted by Crippen LogP contribution is -2.26. The highest BCUT2D eigenvalue weighted by molar-refractivity contribution is 7.98. The molecule has 0 bridgehead atoms. The lowest BCUT2D eigenvalue weighted by Gasteiger charge is -2.18. The van der Waals surface area contributed by atoms with Gasteiger partial charge in [-0.3, -0.25) is 4.79 Å². The van der Waals surface area contributed by atoms with Crippen LogP contribution in [0, 0.1) is 0 Å². The number of esters is 1. The topological polar surface area (TPSA) is 46.6 Å². The zero-order valence-electron chi connectivity index (χ0n) is 13.7. The van der Waals surface area contributed by atoms with Crippen LogP contribution in [0.3, 0.4) is 0 Å². The number of hydrogen-bond acceptors (Lipinski definition) is 4. The van der Waals surface area contributed by atoms with Gasteiger partial charge < -0.3 is 9.64 Å². The number of hydrogen-bond donors (Lipinski definition) is 0. The highest BCUT2D eigenvalue weighted by atomic mass is 35.5. The molecular formula is C18H18ClNO3S. The summed E-state index contributed by atoms with van der Waals surface area (Å²) in [6.45, 7) is 0.417. The van der Waals surface area contributed by atoms with Gasteiger partial charge in [-0.25, -0.2) is 4.79 Å². The molecular weight excluding hydrogens is 346 g/mol. The number of benzene rings is 2. The molecule has 0 aliphatic carbocycles. The van der Waals surface area contributed by atoms with Gasteiger partial charge in [0.05, 0.1) is 23.3 Å². The Balaban J connectivity index is 2.13. The Morgan fingerprint density at radius 2 is 1.83 bits per heavy atom. The van der Waals surface area contributed by atoms with E-state index in [2.05, 4.69) is 4.74 Å². The molecule has 0 fully saturated rings. The quantitative estimate of drug-likeness (QED) is 0.592. The summed E-state index contributed by atoms with van der Waals surface area (Å²) in [5.74, 6) is -0.528. The average Bonchev–Trinajstić information content (AvgIpc) is 2.61. The molecule has 0 aromatic heterocycles. The molecule has 0 aliphatic heterocycles. The summed E-state index contributed by atoms with van der Waals surface area (Å²) in [4.78, 5) is 26.6. The van der Waals surface area contributed by atoms with E-state index in [0.29, 0.717) is 22.7 Å². The highest BCUT2D eigenvalue weighted by Crippen LogP contribution is 2.24. The number of amides is 1. The monoisotopic (exact) mass is 363 g/mol. The predicted octanol–water partition coefficient (Wildman–Crippen LogP) is 4.12. The number of ether oxygens (including phenoxy) is 1. The molecule has 0 saturated carbocycles. The van der Waals surface area contributed by atoms with Crippen LogP contribution < -0.4 is 0 Å². The standard InChI is InChI=1S/C18H18ClNO3S/c1-20(11-12-4-6-13(7-5-12)18(22)23-2)17(21)15-10-14(24-3)8-9-16(15)19/h4-10H,11H2,1-3H3. The smallest absolute Gasteiger partial charge is 0.337 e. The third-order valence-corrected chi connectivity index (χ3v) is 4.60. The van der Waals surface area contributed by atoms with Crippen molar-refractivity contribution < 1.29 is 14.3 Å². The van der Waals surface area contributed by atoms with Crippen LogP contribution in [0.5, 0.6) is 0 Å². The van der Waals surface area contributed by atoms with Crippen molar-refractivity contribution in [2.24, 2.45) is 0 Å². The fraction of sp³-hybridized carbons (Fsp3) is 0.222. The van der Waals surface area contributed by atoms with Crippen LogP contribution in [0.25, 0.3) is 0 Å². The van der Waals surface area contributed by atoms with Gasteiger partial charge in [0.2, 0.25) is 0 Å². The molecule has 0 heterocycles. The van der Waals surface area contributed by atoms with Crippen LogP contribution in [0.15, 0.2) is 47.4 Å². The normalized spacial score (nSPS) is 10.3. The van der Waals surface area contributed by atoms with E-state index in [9.17, 15) is 9.59 Å². The third kappa shape index (κ3) is 4.30. The fourth-order valence-electron chi connectivity index (χ4n) is 2.21. The van der Waals surface area contributed by atoms with Gasteiger partial charge in [0, 0.05) is 18.5 Å². The van der Waals surface area contributed by atoms with E-state index < -0.39 is 0 Å². The minimum absolute atomic E-state index is 0.145. The summed E-state index contributed by atoms with van der Waals surface area (Å²) in [6.07, 6.45) is 1.95. The lowest BCUT2D eigenvalue weighted by molar-refractivity contribution is 0.0600. The van der Waals surface area contributed by atoms with Crippen molar-refractivity contribution in [2.45, 2.75) is 11.4 Å².